The topological polar surface area (TPSA) is 104 Å². The zero-order valence-electron chi connectivity index (χ0n) is 19.3. The summed E-state index contributed by atoms with van der Waals surface area (Å²) in [6.45, 7) is 0.338. The van der Waals surface area contributed by atoms with Gasteiger partial charge in [0.1, 0.15) is 28.8 Å². The molecule has 0 unspecified atom stereocenters. The summed E-state index contributed by atoms with van der Waals surface area (Å²) in [4.78, 5) is 12.0. The van der Waals surface area contributed by atoms with E-state index < -0.39 is 5.97 Å². The Morgan fingerprint density at radius 2 is 1.72 bits per heavy atom. The molecule has 36 heavy (non-hydrogen) atoms. The number of carboxylic acids is 1. The number of hydrogen-bond donors (Lipinski definition) is 1. The van der Waals surface area contributed by atoms with Crippen LogP contribution in [0.1, 0.15) is 11.1 Å². The van der Waals surface area contributed by atoms with E-state index in [9.17, 15) is 9.90 Å². The molecule has 4 aromatic rings. The summed E-state index contributed by atoms with van der Waals surface area (Å²) in [6.07, 6.45) is 1.52. The Morgan fingerprint density at radius 3 is 2.39 bits per heavy atom. The fourth-order valence-corrected chi connectivity index (χ4v) is 4.07. The van der Waals surface area contributed by atoms with Crippen molar-refractivity contribution >= 4 is 39.7 Å². The van der Waals surface area contributed by atoms with Crippen LogP contribution in [0.25, 0.3) is 17.5 Å². The summed E-state index contributed by atoms with van der Waals surface area (Å²) in [5.41, 5.74) is 2.17. The maximum Gasteiger partial charge on any atom is 0.342 e. The molecule has 3 aromatic carbocycles. The van der Waals surface area contributed by atoms with Crippen molar-refractivity contribution in [2.45, 2.75) is 11.8 Å². The number of nitrogens with zero attached hydrogens (tertiary/aromatic N) is 2. The minimum Gasteiger partial charge on any atom is -0.497 e. The number of hydrogen-bond acceptors (Lipinski definition) is 8. The third-order valence-corrected chi connectivity index (χ3v) is 6.31. The van der Waals surface area contributed by atoms with Gasteiger partial charge in [0.2, 0.25) is 5.89 Å². The molecule has 10 heteroatoms. The van der Waals surface area contributed by atoms with E-state index in [0.717, 1.165) is 21.8 Å². The predicted octanol–water partition coefficient (Wildman–Crippen LogP) is 6.31. The molecule has 0 saturated carbocycles. The highest BCUT2D eigenvalue weighted by Gasteiger charge is 2.18. The van der Waals surface area contributed by atoms with Crippen molar-refractivity contribution in [3.05, 3.63) is 87.2 Å². The Hall–Kier alpha value is -3.76. The lowest BCUT2D eigenvalue weighted by Gasteiger charge is -2.10. The number of halogens is 1. The SMILES string of the molecule is COc1cc(OC)cc(-c2nnc(S/C(=C\c3ccccc3OCc3ccc(Br)cc3)C(=O)O)o2)c1. The highest BCUT2D eigenvalue weighted by atomic mass is 79.9. The Labute approximate surface area is 220 Å². The first-order chi connectivity index (χ1) is 17.4. The van der Waals surface area contributed by atoms with Crippen LogP contribution in [0.5, 0.6) is 17.2 Å². The number of methoxy groups -OCH3 is 2. The molecule has 4 rings (SSSR count). The molecule has 8 nitrogen and oxygen atoms in total. The molecule has 0 fully saturated rings. The molecule has 0 radical (unpaired) electrons. The quantitative estimate of drug-likeness (QED) is 0.174. The summed E-state index contributed by atoms with van der Waals surface area (Å²) >= 11 is 4.26. The van der Waals surface area contributed by atoms with Gasteiger partial charge in [0.15, 0.2) is 0 Å². The number of rotatable bonds is 10. The number of carbonyl (C=O) groups is 1. The molecule has 0 bridgehead atoms. The van der Waals surface area contributed by atoms with Gasteiger partial charge in [-0.25, -0.2) is 4.79 Å². The third kappa shape index (κ3) is 6.46. The van der Waals surface area contributed by atoms with E-state index in [2.05, 4.69) is 26.1 Å². The van der Waals surface area contributed by atoms with Gasteiger partial charge in [0, 0.05) is 21.7 Å². The number of carboxylic acid groups (broad SMARTS) is 1. The van der Waals surface area contributed by atoms with Crippen molar-refractivity contribution in [2.75, 3.05) is 14.2 Å². The van der Waals surface area contributed by atoms with Gasteiger partial charge in [0.25, 0.3) is 5.22 Å². The maximum atomic E-state index is 12.0. The predicted molar refractivity (Wildman–Crippen MR) is 139 cm³/mol. The second kappa shape index (κ2) is 11.8. The molecule has 1 heterocycles. The summed E-state index contributed by atoms with van der Waals surface area (Å²) in [5, 5.41) is 17.9. The number of para-hydroxylation sites is 1. The maximum absolute atomic E-state index is 12.0. The monoisotopic (exact) mass is 568 g/mol. The van der Waals surface area contributed by atoms with E-state index in [1.165, 1.54) is 20.3 Å². The minimum absolute atomic E-state index is 0.00638. The second-order valence-electron chi connectivity index (χ2n) is 7.34. The zero-order chi connectivity index (χ0) is 25.5. The van der Waals surface area contributed by atoms with Gasteiger partial charge in [-0.2, -0.15) is 0 Å². The summed E-state index contributed by atoms with van der Waals surface area (Å²) in [5.74, 6) is 0.739. The Balaban J connectivity index is 1.55. The fraction of sp³-hybridized carbons (Fsp3) is 0.115. The Kier molecular flexibility index (Phi) is 8.29. The normalized spacial score (nSPS) is 11.2. The standard InChI is InChI=1S/C26H21BrN2O6S/c1-32-20-11-18(12-21(14-20)33-2)24-28-29-26(35-24)36-23(25(30)31)13-17-5-3-4-6-22(17)34-15-16-7-9-19(27)10-8-16/h3-14H,15H2,1-2H3,(H,30,31)/b23-13-. The number of aromatic nitrogens is 2. The van der Waals surface area contributed by atoms with E-state index in [1.807, 2.05) is 36.4 Å². The first-order valence-corrected chi connectivity index (χ1v) is 12.2. The number of thioether (sulfide) groups is 1. The summed E-state index contributed by atoms with van der Waals surface area (Å²) in [7, 11) is 3.08. The lowest BCUT2D eigenvalue weighted by Crippen LogP contribution is -1.99. The molecule has 0 aliphatic rings. The van der Waals surface area contributed by atoms with Crippen molar-refractivity contribution in [3.63, 3.8) is 0 Å². The van der Waals surface area contributed by atoms with Gasteiger partial charge in [-0.3, -0.25) is 0 Å². The van der Waals surface area contributed by atoms with Crippen LogP contribution in [0.2, 0.25) is 0 Å². The Morgan fingerprint density at radius 1 is 1.03 bits per heavy atom. The molecule has 0 saturated heterocycles. The molecule has 1 aromatic heterocycles. The van der Waals surface area contributed by atoms with Gasteiger partial charge in [-0.05, 0) is 53.7 Å². The summed E-state index contributed by atoms with van der Waals surface area (Å²) < 4.78 is 23.2. The smallest absolute Gasteiger partial charge is 0.342 e. The number of ether oxygens (including phenoxy) is 3. The zero-order valence-corrected chi connectivity index (χ0v) is 21.7. The van der Waals surface area contributed by atoms with Crippen LogP contribution >= 0.6 is 27.7 Å². The van der Waals surface area contributed by atoms with Gasteiger partial charge in [-0.1, -0.05) is 46.3 Å². The van der Waals surface area contributed by atoms with Crippen LogP contribution in [0.3, 0.4) is 0 Å². The number of aliphatic carboxylic acids is 1. The molecule has 0 amide bonds. The lowest BCUT2D eigenvalue weighted by atomic mass is 10.2. The van der Waals surface area contributed by atoms with Crippen LogP contribution in [0.4, 0.5) is 0 Å². The van der Waals surface area contributed by atoms with Gasteiger partial charge in [0.05, 0.1) is 14.2 Å². The van der Waals surface area contributed by atoms with E-state index in [4.69, 9.17) is 18.6 Å². The van der Waals surface area contributed by atoms with Gasteiger partial charge < -0.3 is 23.7 Å². The minimum atomic E-state index is -1.13. The number of benzene rings is 3. The van der Waals surface area contributed by atoms with Crippen LogP contribution in [0, 0.1) is 0 Å². The first-order valence-electron chi connectivity index (χ1n) is 10.6. The van der Waals surface area contributed by atoms with E-state index in [-0.39, 0.29) is 16.0 Å². The molecule has 184 valence electrons. The van der Waals surface area contributed by atoms with Crippen molar-refractivity contribution in [3.8, 4) is 28.7 Å². The third-order valence-electron chi connectivity index (χ3n) is 4.93. The largest absolute Gasteiger partial charge is 0.497 e. The average molecular weight is 569 g/mol. The Bertz CT molecular complexity index is 1370. The van der Waals surface area contributed by atoms with Gasteiger partial charge in [-0.15, -0.1) is 10.2 Å². The fourth-order valence-electron chi connectivity index (χ4n) is 3.14. The molecular formula is C26H21BrN2O6S. The molecular weight excluding hydrogens is 548 g/mol. The van der Waals surface area contributed by atoms with E-state index in [1.54, 1.807) is 30.3 Å². The highest BCUT2D eigenvalue weighted by molar-refractivity contribution is 9.10. The highest BCUT2D eigenvalue weighted by Crippen LogP contribution is 2.34. The summed E-state index contributed by atoms with van der Waals surface area (Å²) in [6, 6.07) is 20.1. The average Bonchev–Trinajstić information content (AvgIpc) is 3.37. The van der Waals surface area contributed by atoms with Crippen molar-refractivity contribution in [1.29, 1.82) is 0 Å². The van der Waals surface area contributed by atoms with E-state index in [0.29, 0.717) is 35.0 Å². The molecule has 0 aliphatic carbocycles. The van der Waals surface area contributed by atoms with Crippen molar-refractivity contribution < 1.29 is 28.5 Å². The van der Waals surface area contributed by atoms with Crippen LogP contribution < -0.4 is 14.2 Å². The first kappa shape index (κ1) is 25.3. The van der Waals surface area contributed by atoms with Crippen LogP contribution in [0.15, 0.2) is 85.7 Å². The molecule has 0 atom stereocenters. The second-order valence-corrected chi connectivity index (χ2v) is 9.25. The van der Waals surface area contributed by atoms with Crippen LogP contribution in [-0.2, 0) is 11.4 Å². The van der Waals surface area contributed by atoms with Crippen molar-refractivity contribution in [1.82, 2.24) is 10.2 Å². The van der Waals surface area contributed by atoms with Crippen molar-refractivity contribution in [2.24, 2.45) is 0 Å². The lowest BCUT2D eigenvalue weighted by molar-refractivity contribution is -0.131. The van der Waals surface area contributed by atoms with Gasteiger partial charge >= 0.3 is 5.97 Å². The molecule has 1 N–H and O–H groups in total. The molecule has 0 spiro atoms. The molecule has 0 aliphatic heterocycles. The van der Waals surface area contributed by atoms with Crippen LogP contribution in [-0.4, -0.2) is 35.5 Å². The van der Waals surface area contributed by atoms with E-state index >= 15 is 0 Å².